The van der Waals surface area contributed by atoms with E-state index < -0.39 is 5.91 Å². The molecule has 0 bridgehead atoms. The van der Waals surface area contributed by atoms with E-state index in [1.54, 1.807) is 0 Å². The van der Waals surface area contributed by atoms with Crippen molar-refractivity contribution in [1.82, 2.24) is 4.98 Å². The van der Waals surface area contributed by atoms with Crippen molar-refractivity contribution in [1.29, 1.82) is 0 Å². The Labute approximate surface area is 70.5 Å². The third kappa shape index (κ3) is 1.68. The molecule has 11 heavy (non-hydrogen) atoms. The lowest BCUT2D eigenvalue weighted by Gasteiger charge is -1.93. The van der Waals surface area contributed by atoms with Crippen LogP contribution in [0.25, 0.3) is 0 Å². The normalized spacial score (nSPS) is 9.55. The highest BCUT2D eigenvalue weighted by atomic mass is 79.9. The highest BCUT2D eigenvalue weighted by molar-refractivity contribution is 9.10. The summed E-state index contributed by atoms with van der Waals surface area (Å²) in [6.07, 6.45) is 1.27. The van der Waals surface area contributed by atoms with E-state index in [-0.39, 0.29) is 11.1 Å². The Morgan fingerprint density at radius 2 is 2.27 bits per heavy atom. The number of nitrogens with one attached hydrogen (secondary N) is 1. The molecule has 58 valence electrons. The Morgan fingerprint density at radius 3 is 2.73 bits per heavy atom. The lowest BCUT2D eigenvalue weighted by atomic mass is 10.3. The summed E-state index contributed by atoms with van der Waals surface area (Å²) in [6, 6.07) is 1.38. The first kappa shape index (κ1) is 8.00. The van der Waals surface area contributed by atoms with Gasteiger partial charge in [0.05, 0.1) is 10.0 Å². The average molecular weight is 217 g/mol. The molecule has 1 heterocycles. The number of hydrogen-bond donors (Lipinski definition) is 2. The van der Waals surface area contributed by atoms with Crippen LogP contribution in [0.1, 0.15) is 10.4 Å². The zero-order chi connectivity index (χ0) is 8.43. The maximum absolute atomic E-state index is 10.7. The number of primary amides is 1. The van der Waals surface area contributed by atoms with Crippen molar-refractivity contribution in [2.45, 2.75) is 0 Å². The van der Waals surface area contributed by atoms with Crippen molar-refractivity contribution in [2.24, 2.45) is 5.73 Å². The number of carbonyl (C=O) groups is 1. The van der Waals surface area contributed by atoms with Gasteiger partial charge in [0.15, 0.2) is 0 Å². The van der Waals surface area contributed by atoms with Gasteiger partial charge in [0.1, 0.15) is 0 Å². The van der Waals surface area contributed by atoms with Crippen LogP contribution in [0.5, 0.6) is 0 Å². The quantitative estimate of drug-likeness (QED) is 0.706. The molecule has 0 atom stereocenters. The van der Waals surface area contributed by atoms with Crippen LogP contribution in [0.3, 0.4) is 0 Å². The fourth-order valence-corrected chi connectivity index (χ4v) is 0.959. The number of hydrogen-bond acceptors (Lipinski definition) is 2. The summed E-state index contributed by atoms with van der Waals surface area (Å²) >= 11 is 2.96. The van der Waals surface area contributed by atoms with Crippen LogP contribution >= 0.6 is 15.9 Å². The van der Waals surface area contributed by atoms with Crippen LogP contribution in [-0.4, -0.2) is 10.9 Å². The van der Waals surface area contributed by atoms with Crippen molar-refractivity contribution in [3.63, 3.8) is 0 Å². The van der Waals surface area contributed by atoms with Gasteiger partial charge in [0.25, 0.3) is 5.56 Å². The smallest absolute Gasteiger partial charge is 0.262 e. The van der Waals surface area contributed by atoms with E-state index in [1.165, 1.54) is 12.3 Å². The first-order valence-electron chi connectivity index (χ1n) is 2.79. The molecule has 0 saturated carbocycles. The number of amides is 1. The summed E-state index contributed by atoms with van der Waals surface area (Å²) in [5.41, 5.74) is 4.94. The molecule has 0 fully saturated rings. The Morgan fingerprint density at radius 1 is 1.64 bits per heavy atom. The minimum Gasteiger partial charge on any atom is -0.366 e. The molecule has 0 aliphatic rings. The third-order valence-corrected chi connectivity index (χ3v) is 1.73. The first-order chi connectivity index (χ1) is 5.11. The number of aromatic nitrogens is 1. The number of halogens is 1. The minimum atomic E-state index is -0.568. The predicted molar refractivity (Wildman–Crippen MR) is 43.3 cm³/mol. The Balaban J connectivity index is 3.26. The molecule has 3 N–H and O–H groups in total. The first-order valence-corrected chi connectivity index (χ1v) is 3.58. The molecule has 0 aromatic carbocycles. The molecule has 4 nitrogen and oxygen atoms in total. The van der Waals surface area contributed by atoms with Gasteiger partial charge in [-0.05, 0) is 22.0 Å². The van der Waals surface area contributed by atoms with E-state index in [4.69, 9.17) is 5.73 Å². The monoisotopic (exact) mass is 216 g/mol. The van der Waals surface area contributed by atoms with E-state index in [1.807, 2.05) is 0 Å². The third-order valence-electron chi connectivity index (χ3n) is 1.14. The van der Waals surface area contributed by atoms with E-state index in [0.29, 0.717) is 4.47 Å². The van der Waals surface area contributed by atoms with Crippen LogP contribution in [0.4, 0.5) is 0 Å². The Kier molecular flexibility index (Phi) is 2.09. The molecule has 0 aliphatic heterocycles. The number of nitrogens with two attached hydrogens (primary N) is 1. The van der Waals surface area contributed by atoms with Crippen LogP contribution < -0.4 is 11.3 Å². The number of rotatable bonds is 1. The van der Waals surface area contributed by atoms with Gasteiger partial charge in [0, 0.05) is 6.20 Å². The minimum absolute atomic E-state index is 0.275. The lowest BCUT2D eigenvalue weighted by Crippen LogP contribution is -2.15. The molecule has 0 radical (unpaired) electrons. The maximum atomic E-state index is 10.7. The van der Waals surface area contributed by atoms with Crippen LogP contribution in [0.15, 0.2) is 21.5 Å². The molecule has 0 spiro atoms. The zero-order valence-corrected chi connectivity index (χ0v) is 7.01. The van der Waals surface area contributed by atoms with Crippen molar-refractivity contribution in [3.8, 4) is 0 Å². The Bertz CT molecular complexity index is 345. The summed E-state index contributed by atoms with van der Waals surface area (Å²) in [6.45, 7) is 0. The van der Waals surface area contributed by atoms with Crippen LogP contribution in [0.2, 0.25) is 0 Å². The molecule has 1 rings (SSSR count). The topological polar surface area (TPSA) is 76.0 Å². The second-order valence-corrected chi connectivity index (χ2v) is 2.78. The summed E-state index contributed by atoms with van der Waals surface area (Å²) in [5, 5.41) is 0. The van der Waals surface area contributed by atoms with Crippen LogP contribution in [0, 0.1) is 0 Å². The molecular formula is C6H5BrN2O2. The van der Waals surface area contributed by atoms with Gasteiger partial charge in [-0.15, -0.1) is 0 Å². The average Bonchev–Trinajstić information content (AvgIpc) is 1.94. The van der Waals surface area contributed by atoms with Crippen molar-refractivity contribution < 1.29 is 4.79 Å². The summed E-state index contributed by atoms with van der Waals surface area (Å²) < 4.78 is 0.300. The standard InChI is InChI=1S/C6H5BrN2O2/c7-4-1-3(5(8)10)2-9-6(4)11/h1-2H,(H2,8,10)(H,9,11). The zero-order valence-electron chi connectivity index (χ0n) is 5.43. The molecule has 1 aromatic rings. The Hall–Kier alpha value is -1.10. The van der Waals surface area contributed by atoms with E-state index in [0.717, 1.165) is 0 Å². The molecular weight excluding hydrogens is 212 g/mol. The summed E-state index contributed by atoms with van der Waals surface area (Å²) in [5.74, 6) is -0.568. The van der Waals surface area contributed by atoms with E-state index >= 15 is 0 Å². The highest BCUT2D eigenvalue weighted by Gasteiger charge is 2.01. The second-order valence-electron chi connectivity index (χ2n) is 1.93. The van der Waals surface area contributed by atoms with Gasteiger partial charge in [-0.2, -0.15) is 0 Å². The highest BCUT2D eigenvalue weighted by Crippen LogP contribution is 2.03. The number of pyridine rings is 1. The van der Waals surface area contributed by atoms with E-state index in [9.17, 15) is 9.59 Å². The fraction of sp³-hybridized carbons (Fsp3) is 0. The number of carbonyl (C=O) groups excluding carboxylic acids is 1. The van der Waals surface area contributed by atoms with Gasteiger partial charge in [-0.3, -0.25) is 9.59 Å². The van der Waals surface area contributed by atoms with Crippen molar-refractivity contribution in [3.05, 3.63) is 32.7 Å². The van der Waals surface area contributed by atoms with Gasteiger partial charge in [-0.25, -0.2) is 0 Å². The maximum Gasteiger partial charge on any atom is 0.262 e. The van der Waals surface area contributed by atoms with Gasteiger partial charge in [0.2, 0.25) is 5.91 Å². The molecule has 0 unspecified atom stereocenters. The van der Waals surface area contributed by atoms with Gasteiger partial charge < -0.3 is 10.7 Å². The molecule has 0 saturated heterocycles. The largest absolute Gasteiger partial charge is 0.366 e. The molecule has 0 aliphatic carbocycles. The van der Waals surface area contributed by atoms with Gasteiger partial charge in [-0.1, -0.05) is 0 Å². The number of aromatic amines is 1. The van der Waals surface area contributed by atoms with Crippen molar-refractivity contribution >= 4 is 21.8 Å². The van der Waals surface area contributed by atoms with Gasteiger partial charge >= 0.3 is 0 Å². The molecule has 5 heteroatoms. The SMILES string of the molecule is NC(=O)c1c[nH]c(=O)c(Br)c1. The van der Waals surface area contributed by atoms with Crippen LogP contribution in [-0.2, 0) is 0 Å². The second kappa shape index (κ2) is 2.87. The summed E-state index contributed by atoms with van der Waals surface area (Å²) in [4.78, 5) is 23.6. The predicted octanol–water partition coefficient (Wildman–Crippen LogP) is 0.236. The van der Waals surface area contributed by atoms with Crippen molar-refractivity contribution in [2.75, 3.05) is 0 Å². The number of H-pyrrole nitrogens is 1. The molecule has 1 aromatic heterocycles. The fourth-order valence-electron chi connectivity index (χ4n) is 0.598. The molecule has 1 amide bonds. The van der Waals surface area contributed by atoms with E-state index in [2.05, 4.69) is 20.9 Å². The lowest BCUT2D eigenvalue weighted by molar-refractivity contribution is 0.1000. The summed E-state index contributed by atoms with van der Waals surface area (Å²) in [7, 11) is 0.